The first kappa shape index (κ1) is 12.2. The van der Waals surface area contributed by atoms with Gasteiger partial charge in [-0.25, -0.2) is 0 Å². The van der Waals surface area contributed by atoms with Crippen LogP contribution in [0.3, 0.4) is 0 Å². The Morgan fingerprint density at radius 2 is 2.06 bits per heavy atom. The number of aromatic amines is 1. The molecule has 6 nitrogen and oxygen atoms in total. The summed E-state index contributed by atoms with van der Waals surface area (Å²) in [5, 5.41) is 17.5. The number of amides is 1. The Morgan fingerprint density at radius 3 is 2.50 bits per heavy atom. The Hall–Kier alpha value is -1.85. The summed E-state index contributed by atoms with van der Waals surface area (Å²) in [6.07, 6.45) is 0. The van der Waals surface area contributed by atoms with Gasteiger partial charge in [0.25, 0.3) is 5.91 Å². The minimum absolute atomic E-state index is 0.205. The standard InChI is InChI=1S/C10H15N3O3/c1-5(2)7-4-8(13-12-7)9(14)11-6(3)10(15)16/h4-6H,1-3H3,(H,11,14)(H,12,13)(H,15,16)/t6-/m1/s1. The van der Waals surface area contributed by atoms with Crippen molar-refractivity contribution in [2.24, 2.45) is 0 Å². The highest BCUT2D eigenvalue weighted by molar-refractivity contribution is 5.94. The first-order valence-corrected chi connectivity index (χ1v) is 5.00. The Balaban J connectivity index is 2.70. The number of hydrogen-bond acceptors (Lipinski definition) is 3. The first-order valence-electron chi connectivity index (χ1n) is 5.00. The van der Waals surface area contributed by atoms with Crippen LogP contribution in [0.25, 0.3) is 0 Å². The molecule has 1 amide bonds. The van der Waals surface area contributed by atoms with Crippen LogP contribution in [-0.4, -0.2) is 33.2 Å². The van der Waals surface area contributed by atoms with Crippen LogP contribution in [0.15, 0.2) is 6.07 Å². The van der Waals surface area contributed by atoms with Crippen LogP contribution in [-0.2, 0) is 4.79 Å². The smallest absolute Gasteiger partial charge is 0.325 e. The molecule has 0 radical (unpaired) electrons. The minimum atomic E-state index is -1.08. The summed E-state index contributed by atoms with van der Waals surface area (Å²) in [4.78, 5) is 22.1. The van der Waals surface area contributed by atoms with Crippen molar-refractivity contribution in [3.05, 3.63) is 17.5 Å². The maximum Gasteiger partial charge on any atom is 0.325 e. The third-order valence-electron chi connectivity index (χ3n) is 2.17. The molecule has 0 aromatic carbocycles. The van der Waals surface area contributed by atoms with Crippen molar-refractivity contribution >= 4 is 11.9 Å². The molecule has 0 aliphatic rings. The molecule has 1 atom stereocenters. The number of aromatic nitrogens is 2. The second kappa shape index (κ2) is 4.78. The lowest BCUT2D eigenvalue weighted by Gasteiger charge is -2.06. The molecule has 6 heteroatoms. The molecule has 1 aromatic rings. The topological polar surface area (TPSA) is 95.1 Å². The molecular weight excluding hydrogens is 210 g/mol. The molecule has 0 saturated heterocycles. The van der Waals surface area contributed by atoms with E-state index in [-0.39, 0.29) is 11.6 Å². The van der Waals surface area contributed by atoms with Crippen LogP contribution in [0.4, 0.5) is 0 Å². The van der Waals surface area contributed by atoms with E-state index in [9.17, 15) is 9.59 Å². The number of hydrogen-bond donors (Lipinski definition) is 3. The van der Waals surface area contributed by atoms with E-state index < -0.39 is 17.9 Å². The molecule has 1 rings (SSSR count). The second-order valence-electron chi connectivity index (χ2n) is 3.90. The Labute approximate surface area is 93.1 Å². The third kappa shape index (κ3) is 2.82. The fourth-order valence-corrected chi connectivity index (χ4v) is 1.08. The van der Waals surface area contributed by atoms with Gasteiger partial charge in [0.2, 0.25) is 0 Å². The zero-order valence-corrected chi connectivity index (χ0v) is 9.44. The average molecular weight is 225 g/mol. The molecule has 0 fully saturated rings. The maximum absolute atomic E-state index is 11.5. The highest BCUT2D eigenvalue weighted by Gasteiger charge is 2.17. The van der Waals surface area contributed by atoms with E-state index in [1.165, 1.54) is 6.92 Å². The predicted octanol–water partition coefficient (Wildman–Crippen LogP) is 0.736. The first-order chi connectivity index (χ1) is 7.41. The molecule has 0 saturated carbocycles. The van der Waals surface area contributed by atoms with E-state index in [4.69, 9.17) is 5.11 Å². The molecule has 0 spiro atoms. The molecule has 1 aromatic heterocycles. The zero-order chi connectivity index (χ0) is 12.3. The average Bonchev–Trinajstić information content (AvgIpc) is 2.65. The SMILES string of the molecule is CC(C)c1cc(C(=O)N[C@H](C)C(=O)O)n[nH]1. The monoisotopic (exact) mass is 225 g/mol. The molecule has 3 N–H and O–H groups in total. The van der Waals surface area contributed by atoms with Crippen molar-refractivity contribution in [3.63, 3.8) is 0 Å². The quantitative estimate of drug-likeness (QED) is 0.704. The van der Waals surface area contributed by atoms with Gasteiger partial charge in [-0.3, -0.25) is 14.7 Å². The summed E-state index contributed by atoms with van der Waals surface area (Å²) in [7, 11) is 0. The number of nitrogens with zero attached hydrogens (tertiary/aromatic N) is 1. The highest BCUT2D eigenvalue weighted by atomic mass is 16.4. The number of H-pyrrole nitrogens is 1. The highest BCUT2D eigenvalue weighted by Crippen LogP contribution is 2.11. The maximum atomic E-state index is 11.5. The van der Waals surface area contributed by atoms with Crippen LogP contribution >= 0.6 is 0 Å². The van der Waals surface area contributed by atoms with Crippen molar-refractivity contribution in [2.45, 2.75) is 32.7 Å². The van der Waals surface area contributed by atoms with Gasteiger partial charge in [-0.1, -0.05) is 13.8 Å². The predicted molar refractivity (Wildman–Crippen MR) is 57.2 cm³/mol. The van der Waals surface area contributed by atoms with Gasteiger partial charge in [0.15, 0.2) is 0 Å². The molecule has 0 unspecified atom stereocenters. The summed E-state index contributed by atoms with van der Waals surface area (Å²) in [5.74, 6) is -1.32. The van der Waals surface area contributed by atoms with E-state index in [2.05, 4.69) is 15.5 Å². The Bertz CT molecular complexity index is 398. The molecular formula is C10H15N3O3. The molecule has 16 heavy (non-hydrogen) atoms. The normalized spacial score (nSPS) is 12.5. The lowest BCUT2D eigenvalue weighted by Crippen LogP contribution is -2.38. The largest absolute Gasteiger partial charge is 0.480 e. The van der Waals surface area contributed by atoms with E-state index >= 15 is 0 Å². The van der Waals surface area contributed by atoms with Gasteiger partial charge < -0.3 is 10.4 Å². The molecule has 0 bridgehead atoms. The Kier molecular flexibility index (Phi) is 3.65. The van der Waals surface area contributed by atoms with Crippen LogP contribution in [0.1, 0.15) is 42.9 Å². The van der Waals surface area contributed by atoms with Gasteiger partial charge >= 0.3 is 5.97 Å². The van der Waals surface area contributed by atoms with Crippen molar-refractivity contribution in [3.8, 4) is 0 Å². The summed E-state index contributed by atoms with van der Waals surface area (Å²) in [5.41, 5.74) is 1.05. The fourth-order valence-electron chi connectivity index (χ4n) is 1.08. The van der Waals surface area contributed by atoms with Gasteiger partial charge in [-0.2, -0.15) is 5.10 Å². The number of carbonyl (C=O) groups excluding carboxylic acids is 1. The number of carbonyl (C=O) groups is 2. The van der Waals surface area contributed by atoms with Gasteiger partial charge in [-0.15, -0.1) is 0 Å². The number of rotatable bonds is 4. The summed E-state index contributed by atoms with van der Waals surface area (Å²) >= 11 is 0. The fraction of sp³-hybridized carbons (Fsp3) is 0.500. The number of carboxylic acid groups (broad SMARTS) is 1. The number of aliphatic carboxylic acids is 1. The summed E-state index contributed by atoms with van der Waals surface area (Å²) in [6, 6.07) is 0.695. The van der Waals surface area contributed by atoms with Crippen molar-refractivity contribution in [1.29, 1.82) is 0 Å². The lowest BCUT2D eigenvalue weighted by molar-refractivity contribution is -0.138. The summed E-state index contributed by atoms with van der Waals surface area (Å²) in [6.45, 7) is 5.33. The lowest BCUT2D eigenvalue weighted by atomic mass is 10.1. The zero-order valence-electron chi connectivity index (χ0n) is 9.44. The van der Waals surface area contributed by atoms with E-state index in [0.717, 1.165) is 5.69 Å². The summed E-state index contributed by atoms with van der Waals surface area (Å²) < 4.78 is 0. The van der Waals surface area contributed by atoms with Crippen molar-refractivity contribution in [2.75, 3.05) is 0 Å². The molecule has 0 aliphatic carbocycles. The number of nitrogens with one attached hydrogen (secondary N) is 2. The van der Waals surface area contributed by atoms with Crippen LogP contribution in [0.2, 0.25) is 0 Å². The molecule has 0 aliphatic heterocycles. The van der Waals surface area contributed by atoms with Crippen molar-refractivity contribution in [1.82, 2.24) is 15.5 Å². The van der Waals surface area contributed by atoms with Crippen molar-refractivity contribution < 1.29 is 14.7 Å². The van der Waals surface area contributed by atoms with Crippen LogP contribution < -0.4 is 5.32 Å². The van der Waals surface area contributed by atoms with Gasteiger partial charge in [0.05, 0.1) is 0 Å². The number of carboxylic acids is 1. The van der Waals surface area contributed by atoms with E-state index in [0.29, 0.717) is 0 Å². The minimum Gasteiger partial charge on any atom is -0.480 e. The Morgan fingerprint density at radius 1 is 1.44 bits per heavy atom. The van der Waals surface area contributed by atoms with E-state index in [1.54, 1.807) is 6.07 Å². The second-order valence-corrected chi connectivity index (χ2v) is 3.90. The van der Waals surface area contributed by atoms with Gasteiger partial charge in [-0.05, 0) is 18.9 Å². The third-order valence-corrected chi connectivity index (χ3v) is 2.17. The van der Waals surface area contributed by atoms with Gasteiger partial charge in [0.1, 0.15) is 11.7 Å². The molecule has 88 valence electrons. The van der Waals surface area contributed by atoms with Crippen LogP contribution in [0, 0.1) is 0 Å². The van der Waals surface area contributed by atoms with Crippen LogP contribution in [0.5, 0.6) is 0 Å². The molecule has 1 heterocycles. The van der Waals surface area contributed by atoms with Gasteiger partial charge in [0, 0.05) is 5.69 Å². The van der Waals surface area contributed by atoms with E-state index in [1.807, 2.05) is 13.8 Å².